The molecule has 2 aromatic rings. The topological polar surface area (TPSA) is 37.4 Å². The van der Waals surface area contributed by atoms with Crippen molar-refractivity contribution in [1.82, 2.24) is 0 Å². The molecule has 0 N–H and O–H groups in total. The van der Waals surface area contributed by atoms with Gasteiger partial charge in [-0.25, -0.2) is 4.39 Å². The Balaban J connectivity index is 2.05. The summed E-state index contributed by atoms with van der Waals surface area (Å²) in [4.78, 5) is 25.4. The Morgan fingerprint density at radius 3 is 2.71 bits per heavy atom. The van der Waals surface area contributed by atoms with Crippen molar-refractivity contribution in [3.63, 3.8) is 0 Å². The van der Waals surface area contributed by atoms with Crippen LogP contribution in [0.4, 0.5) is 10.1 Å². The van der Waals surface area contributed by atoms with Crippen LogP contribution in [0.3, 0.4) is 0 Å². The first kappa shape index (κ1) is 16.4. The molecular weight excluding hydrogens is 329 g/mol. The van der Waals surface area contributed by atoms with Crippen molar-refractivity contribution in [3.05, 3.63) is 70.5 Å². The molecule has 0 bridgehead atoms. The maximum Gasteiger partial charge on any atom is 0.231 e. The van der Waals surface area contributed by atoms with Crippen LogP contribution in [-0.2, 0) is 16.1 Å². The standard InChI is InChI=1S/C19H15ClFNO2/c1-12-6-7-13(8-16(12)21)10-22-17-5-3-2-4-15(17)19(20)14(11-23)9-18(22)24/h2-8,11H,9-10H2,1H3. The summed E-state index contributed by atoms with van der Waals surface area (Å²) in [6, 6.07) is 12.0. The molecule has 0 unspecified atom stereocenters. The van der Waals surface area contributed by atoms with Gasteiger partial charge in [-0.05, 0) is 30.2 Å². The van der Waals surface area contributed by atoms with E-state index in [1.54, 1.807) is 48.2 Å². The van der Waals surface area contributed by atoms with Crippen LogP contribution in [0.2, 0.25) is 0 Å². The number of rotatable bonds is 3. The summed E-state index contributed by atoms with van der Waals surface area (Å²) in [7, 11) is 0. The van der Waals surface area contributed by atoms with Gasteiger partial charge in [-0.1, -0.05) is 41.9 Å². The van der Waals surface area contributed by atoms with Crippen molar-refractivity contribution in [3.8, 4) is 0 Å². The zero-order chi connectivity index (χ0) is 17.3. The van der Waals surface area contributed by atoms with Crippen molar-refractivity contribution in [2.45, 2.75) is 19.9 Å². The number of fused-ring (bicyclic) bond motifs is 1. The van der Waals surface area contributed by atoms with E-state index in [9.17, 15) is 14.0 Å². The van der Waals surface area contributed by atoms with Gasteiger partial charge in [0.05, 0.1) is 23.7 Å². The van der Waals surface area contributed by atoms with Gasteiger partial charge in [0.2, 0.25) is 5.91 Å². The number of para-hydroxylation sites is 1. The lowest BCUT2D eigenvalue weighted by Crippen LogP contribution is -2.30. The third-order valence-corrected chi connectivity index (χ3v) is 4.52. The Kier molecular flexibility index (Phi) is 4.49. The van der Waals surface area contributed by atoms with Crippen molar-refractivity contribution in [1.29, 1.82) is 0 Å². The lowest BCUT2D eigenvalue weighted by molar-refractivity contribution is -0.118. The summed E-state index contributed by atoms with van der Waals surface area (Å²) in [5.74, 6) is -0.561. The van der Waals surface area contributed by atoms with Gasteiger partial charge in [0.1, 0.15) is 12.1 Å². The molecule has 1 amide bonds. The molecule has 0 atom stereocenters. The summed E-state index contributed by atoms with van der Waals surface area (Å²) in [6.45, 7) is 1.90. The number of halogens is 2. The highest BCUT2D eigenvalue weighted by molar-refractivity contribution is 6.51. The monoisotopic (exact) mass is 343 g/mol. The largest absolute Gasteiger partial charge is 0.307 e. The van der Waals surface area contributed by atoms with Crippen LogP contribution in [0.5, 0.6) is 0 Å². The van der Waals surface area contributed by atoms with E-state index in [1.165, 1.54) is 6.07 Å². The predicted molar refractivity (Wildman–Crippen MR) is 92.2 cm³/mol. The second-order valence-corrected chi connectivity index (χ2v) is 6.09. The molecular formula is C19H15ClFNO2. The Hall–Kier alpha value is -2.46. The molecule has 0 spiro atoms. The fraction of sp³-hybridized carbons (Fsp3) is 0.158. The van der Waals surface area contributed by atoms with Gasteiger partial charge >= 0.3 is 0 Å². The van der Waals surface area contributed by atoms with Gasteiger partial charge in [0, 0.05) is 11.1 Å². The van der Waals surface area contributed by atoms with Gasteiger partial charge in [-0.3, -0.25) is 9.59 Å². The van der Waals surface area contributed by atoms with E-state index in [4.69, 9.17) is 11.6 Å². The summed E-state index contributed by atoms with van der Waals surface area (Å²) in [5, 5.41) is 0.284. The highest BCUT2D eigenvalue weighted by Crippen LogP contribution is 2.36. The van der Waals surface area contributed by atoms with E-state index >= 15 is 0 Å². The number of amides is 1. The van der Waals surface area contributed by atoms with Crippen LogP contribution in [0.25, 0.3) is 5.03 Å². The van der Waals surface area contributed by atoms with Crippen molar-refractivity contribution in [2.24, 2.45) is 0 Å². The molecule has 0 saturated heterocycles. The maximum atomic E-state index is 13.8. The number of benzene rings is 2. The van der Waals surface area contributed by atoms with E-state index in [2.05, 4.69) is 0 Å². The molecule has 0 fully saturated rings. The Bertz CT molecular complexity index is 860. The van der Waals surface area contributed by atoms with Gasteiger partial charge in [-0.15, -0.1) is 0 Å². The van der Waals surface area contributed by atoms with E-state index in [0.717, 1.165) is 0 Å². The number of carbonyl (C=O) groups is 2. The highest BCUT2D eigenvalue weighted by atomic mass is 35.5. The number of hydrogen-bond donors (Lipinski definition) is 0. The van der Waals surface area contributed by atoms with Crippen LogP contribution in [0, 0.1) is 12.7 Å². The molecule has 3 nitrogen and oxygen atoms in total. The molecule has 3 rings (SSSR count). The Morgan fingerprint density at radius 2 is 2.00 bits per heavy atom. The number of hydrogen-bond acceptors (Lipinski definition) is 2. The molecule has 0 aliphatic carbocycles. The fourth-order valence-electron chi connectivity index (χ4n) is 2.72. The van der Waals surface area contributed by atoms with Crippen molar-refractivity contribution < 1.29 is 14.0 Å². The maximum absolute atomic E-state index is 13.8. The Labute approximate surface area is 144 Å². The zero-order valence-electron chi connectivity index (χ0n) is 13.1. The first-order chi connectivity index (χ1) is 11.5. The summed E-state index contributed by atoms with van der Waals surface area (Å²) in [5.41, 5.74) is 2.72. The predicted octanol–water partition coefficient (Wildman–Crippen LogP) is 4.22. The van der Waals surface area contributed by atoms with Crippen LogP contribution < -0.4 is 4.90 Å². The third kappa shape index (κ3) is 2.97. The van der Waals surface area contributed by atoms with E-state index in [0.29, 0.717) is 28.7 Å². The fourth-order valence-corrected chi connectivity index (χ4v) is 2.99. The average molecular weight is 344 g/mol. The summed E-state index contributed by atoms with van der Waals surface area (Å²) in [6.07, 6.45) is 0.539. The minimum atomic E-state index is -0.312. The van der Waals surface area contributed by atoms with Crippen LogP contribution in [0.15, 0.2) is 48.0 Å². The lowest BCUT2D eigenvalue weighted by atomic mass is 10.1. The van der Waals surface area contributed by atoms with Gasteiger partial charge < -0.3 is 4.90 Å². The van der Waals surface area contributed by atoms with Gasteiger partial charge in [0.25, 0.3) is 0 Å². The minimum Gasteiger partial charge on any atom is -0.307 e. The molecule has 0 radical (unpaired) electrons. The van der Waals surface area contributed by atoms with Gasteiger partial charge in [0.15, 0.2) is 0 Å². The first-order valence-corrected chi connectivity index (χ1v) is 7.87. The van der Waals surface area contributed by atoms with E-state index in [1.807, 2.05) is 0 Å². The lowest BCUT2D eigenvalue weighted by Gasteiger charge is -2.23. The van der Waals surface area contributed by atoms with Crippen LogP contribution in [0.1, 0.15) is 23.1 Å². The second kappa shape index (κ2) is 6.57. The van der Waals surface area contributed by atoms with E-state index < -0.39 is 0 Å². The van der Waals surface area contributed by atoms with Crippen molar-refractivity contribution >= 4 is 34.5 Å². The van der Waals surface area contributed by atoms with Crippen LogP contribution in [-0.4, -0.2) is 12.2 Å². The van der Waals surface area contributed by atoms with E-state index in [-0.39, 0.29) is 35.3 Å². The second-order valence-electron chi connectivity index (χ2n) is 5.71. The molecule has 1 aliphatic heterocycles. The number of nitrogens with zero attached hydrogens (tertiary/aromatic N) is 1. The zero-order valence-corrected chi connectivity index (χ0v) is 13.8. The normalized spacial score (nSPS) is 14.5. The Morgan fingerprint density at radius 1 is 1.25 bits per heavy atom. The smallest absolute Gasteiger partial charge is 0.231 e. The average Bonchev–Trinajstić information content (AvgIpc) is 2.68. The third-order valence-electron chi connectivity index (χ3n) is 4.08. The van der Waals surface area contributed by atoms with Crippen molar-refractivity contribution in [2.75, 3.05) is 4.90 Å². The molecule has 1 heterocycles. The number of anilines is 1. The molecule has 5 heteroatoms. The molecule has 0 aromatic heterocycles. The summed E-state index contributed by atoms with van der Waals surface area (Å²) < 4.78 is 13.8. The SMILES string of the molecule is Cc1ccc(CN2C(=O)CC(C=O)=C(Cl)c3ccccc32)cc1F. The quantitative estimate of drug-likeness (QED) is 0.782. The van der Waals surface area contributed by atoms with Crippen LogP contribution >= 0.6 is 11.6 Å². The number of aryl methyl sites for hydroxylation is 1. The molecule has 1 aliphatic rings. The highest BCUT2D eigenvalue weighted by Gasteiger charge is 2.26. The molecule has 2 aromatic carbocycles. The summed E-state index contributed by atoms with van der Waals surface area (Å²) >= 11 is 6.31. The number of aldehydes is 1. The molecule has 24 heavy (non-hydrogen) atoms. The first-order valence-electron chi connectivity index (χ1n) is 7.50. The molecule has 122 valence electrons. The van der Waals surface area contributed by atoms with Gasteiger partial charge in [-0.2, -0.15) is 0 Å². The molecule has 0 saturated carbocycles. The number of carbonyl (C=O) groups excluding carboxylic acids is 2. The minimum absolute atomic E-state index is 0.0780.